The maximum absolute atomic E-state index is 12.2. The standard InChI is InChI=1S/C21H20N2O4/c1-4-26-21(25)19-18-14(3)10-13(2)11-16(18)17(22-23-19)12-27-20(24)15-8-6-5-7-9-15/h5-11H,4,12H2,1-3H3. The van der Waals surface area contributed by atoms with Gasteiger partial charge in [-0.3, -0.25) is 0 Å². The van der Waals surface area contributed by atoms with E-state index in [-0.39, 0.29) is 18.9 Å². The van der Waals surface area contributed by atoms with Gasteiger partial charge in [0.2, 0.25) is 0 Å². The molecular weight excluding hydrogens is 344 g/mol. The van der Waals surface area contributed by atoms with Crippen molar-refractivity contribution < 1.29 is 19.1 Å². The third kappa shape index (κ3) is 3.95. The zero-order valence-corrected chi connectivity index (χ0v) is 15.5. The lowest BCUT2D eigenvalue weighted by Gasteiger charge is -2.12. The van der Waals surface area contributed by atoms with Crippen molar-refractivity contribution in [2.45, 2.75) is 27.4 Å². The summed E-state index contributed by atoms with van der Waals surface area (Å²) in [7, 11) is 0. The quantitative estimate of drug-likeness (QED) is 0.641. The molecule has 0 aliphatic rings. The van der Waals surface area contributed by atoms with Crippen LogP contribution in [0, 0.1) is 13.8 Å². The van der Waals surface area contributed by atoms with E-state index in [1.54, 1.807) is 31.2 Å². The fraction of sp³-hybridized carbons (Fsp3) is 0.238. The number of aryl methyl sites for hydroxylation is 2. The average molecular weight is 364 g/mol. The van der Waals surface area contributed by atoms with Crippen molar-refractivity contribution in [2.24, 2.45) is 0 Å². The van der Waals surface area contributed by atoms with Gasteiger partial charge in [0.15, 0.2) is 5.69 Å². The summed E-state index contributed by atoms with van der Waals surface area (Å²) in [6.07, 6.45) is 0. The van der Waals surface area contributed by atoms with Gasteiger partial charge in [0.25, 0.3) is 0 Å². The SMILES string of the molecule is CCOC(=O)c1nnc(COC(=O)c2ccccc2)c2cc(C)cc(C)c12. The molecule has 0 N–H and O–H groups in total. The van der Waals surface area contributed by atoms with E-state index >= 15 is 0 Å². The second kappa shape index (κ2) is 7.95. The summed E-state index contributed by atoms with van der Waals surface area (Å²) >= 11 is 0. The van der Waals surface area contributed by atoms with Gasteiger partial charge in [-0.05, 0) is 44.5 Å². The maximum Gasteiger partial charge on any atom is 0.359 e. The predicted octanol–water partition coefficient (Wildman–Crippen LogP) is 3.78. The highest BCUT2D eigenvalue weighted by molar-refractivity contribution is 6.04. The molecule has 3 rings (SSSR count). The summed E-state index contributed by atoms with van der Waals surface area (Å²) in [6.45, 7) is 5.81. The summed E-state index contributed by atoms with van der Waals surface area (Å²) in [4.78, 5) is 24.5. The lowest BCUT2D eigenvalue weighted by atomic mass is 10.0. The Kier molecular flexibility index (Phi) is 5.45. The molecule has 0 spiro atoms. The topological polar surface area (TPSA) is 78.4 Å². The fourth-order valence-electron chi connectivity index (χ4n) is 2.96. The Labute approximate surface area is 157 Å². The number of carbonyl (C=O) groups is 2. The number of hydrogen-bond acceptors (Lipinski definition) is 6. The molecule has 1 aromatic heterocycles. The molecule has 0 bridgehead atoms. The van der Waals surface area contributed by atoms with Crippen molar-refractivity contribution in [3.8, 4) is 0 Å². The van der Waals surface area contributed by atoms with E-state index in [4.69, 9.17) is 9.47 Å². The van der Waals surface area contributed by atoms with E-state index in [0.717, 1.165) is 16.5 Å². The number of ether oxygens (including phenoxy) is 2. The Bertz CT molecular complexity index is 1000. The van der Waals surface area contributed by atoms with Crippen molar-refractivity contribution >= 4 is 22.7 Å². The van der Waals surface area contributed by atoms with E-state index in [2.05, 4.69) is 10.2 Å². The van der Waals surface area contributed by atoms with E-state index in [9.17, 15) is 9.59 Å². The fourth-order valence-corrected chi connectivity index (χ4v) is 2.96. The van der Waals surface area contributed by atoms with E-state index < -0.39 is 11.9 Å². The van der Waals surface area contributed by atoms with Crippen LogP contribution in [-0.4, -0.2) is 28.7 Å². The first-order chi connectivity index (χ1) is 13.0. The van der Waals surface area contributed by atoms with Gasteiger partial charge in [0, 0.05) is 10.8 Å². The van der Waals surface area contributed by atoms with Crippen LogP contribution in [-0.2, 0) is 16.1 Å². The Hall–Kier alpha value is -3.28. The zero-order chi connectivity index (χ0) is 19.4. The van der Waals surface area contributed by atoms with Crippen LogP contribution in [0.5, 0.6) is 0 Å². The van der Waals surface area contributed by atoms with Crippen LogP contribution in [0.2, 0.25) is 0 Å². The van der Waals surface area contributed by atoms with Gasteiger partial charge in [-0.1, -0.05) is 29.8 Å². The molecule has 2 aromatic carbocycles. The monoisotopic (exact) mass is 364 g/mol. The third-order valence-electron chi connectivity index (χ3n) is 4.12. The number of fused-ring (bicyclic) bond motifs is 1. The predicted molar refractivity (Wildman–Crippen MR) is 101 cm³/mol. The van der Waals surface area contributed by atoms with Crippen LogP contribution >= 0.6 is 0 Å². The van der Waals surface area contributed by atoms with Crippen LogP contribution < -0.4 is 0 Å². The summed E-state index contributed by atoms with van der Waals surface area (Å²) < 4.78 is 10.5. The molecule has 27 heavy (non-hydrogen) atoms. The average Bonchev–Trinajstić information content (AvgIpc) is 2.66. The van der Waals surface area contributed by atoms with E-state index in [1.807, 2.05) is 32.0 Å². The van der Waals surface area contributed by atoms with Gasteiger partial charge in [-0.2, -0.15) is 5.10 Å². The van der Waals surface area contributed by atoms with Crippen LogP contribution in [0.25, 0.3) is 10.8 Å². The van der Waals surface area contributed by atoms with Crippen molar-refractivity contribution in [3.63, 3.8) is 0 Å². The normalized spacial score (nSPS) is 10.6. The third-order valence-corrected chi connectivity index (χ3v) is 4.12. The number of rotatable bonds is 5. The number of esters is 2. The largest absolute Gasteiger partial charge is 0.461 e. The Morgan fingerprint density at radius 2 is 1.70 bits per heavy atom. The molecule has 0 fully saturated rings. The van der Waals surface area contributed by atoms with Gasteiger partial charge in [0.1, 0.15) is 12.3 Å². The first-order valence-corrected chi connectivity index (χ1v) is 8.67. The smallest absolute Gasteiger partial charge is 0.359 e. The van der Waals surface area contributed by atoms with Crippen LogP contribution in [0.3, 0.4) is 0 Å². The number of nitrogens with zero attached hydrogens (tertiary/aromatic N) is 2. The molecule has 138 valence electrons. The highest BCUT2D eigenvalue weighted by Gasteiger charge is 2.19. The summed E-state index contributed by atoms with van der Waals surface area (Å²) in [5.41, 5.74) is 3.03. The molecule has 0 atom stereocenters. The van der Waals surface area contributed by atoms with Gasteiger partial charge >= 0.3 is 11.9 Å². The molecule has 0 radical (unpaired) electrons. The van der Waals surface area contributed by atoms with Crippen LogP contribution in [0.1, 0.15) is 44.6 Å². The molecule has 1 heterocycles. The maximum atomic E-state index is 12.2. The number of hydrogen-bond donors (Lipinski definition) is 0. The van der Waals surface area contributed by atoms with Gasteiger partial charge < -0.3 is 9.47 Å². The first-order valence-electron chi connectivity index (χ1n) is 8.67. The van der Waals surface area contributed by atoms with Crippen molar-refractivity contribution in [1.82, 2.24) is 10.2 Å². The molecule has 0 aliphatic heterocycles. The Balaban J connectivity index is 1.98. The van der Waals surface area contributed by atoms with Crippen molar-refractivity contribution in [3.05, 3.63) is 70.5 Å². The summed E-state index contributed by atoms with van der Waals surface area (Å²) in [5.74, 6) is -0.959. The summed E-state index contributed by atoms with van der Waals surface area (Å²) in [6, 6.07) is 12.6. The van der Waals surface area contributed by atoms with Gasteiger partial charge in [-0.25, -0.2) is 9.59 Å². The van der Waals surface area contributed by atoms with Crippen LogP contribution in [0.15, 0.2) is 42.5 Å². The molecule has 0 saturated carbocycles. The highest BCUT2D eigenvalue weighted by Crippen LogP contribution is 2.26. The molecule has 3 aromatic rings. The number of aromatic nitrogens is 2. The number of benzene rings is 2. The zero-order valence-electron chi connectivity index (χ0n) is 15.5. The Morgan fingerprint density at radius 3 is 2.41 bits per heavy atom. The van der Waals surface area contributed by atoms with Crippen molar-refractivity contribution in [2.75, 3.05) is 6.61 Å². The van der Waals surface area contributed by atoms with Gasteiger partial charge in [-0.15, -0.1) is 5.10 Å². The Morgan fingerprint density at radius 1 is 0.963 bits per heavy atom. The lowest BCUT2D eigenvalue weighted by Crippen LogP contribution is -2.13. The molecular formula is C21H20N2O4. The lowest BCUT2D eigenvalue weighted by molar-refractivity contribution is 0.0463. The molecule has 0 unspecified atom stereocenters. The number of carbonyl (C=O) groups excluding carboxylic acids is 2. The second-order valence-electron chi connectivity index (χ2n) is 6.16. The van der Waals surface area contributed by atoms with Crippen LogP contribution in [0.4, 0.5) is 0 Å². The second-order valence-corrected chi connectivity index (χ2v) is 6.16. The molecule has 0 saturated heterocycles. The minimum absolute atomic E-state index is 0.0385. The molecule has 6 heteroatoms. The molecule has 0 aliphatic carbocycles. The molecule has 6 nitrogen and oxygen atoms in total. The van der Waals surface area contributed by atoms with Gasteiger partial charge in [0.05, 0.1) is 12.2 Å². The van der Waals surface area contributed by atoms with E-state index in [1.165, 1.54) is 0 Å². The summed E-state index contributed by atoms with van der Waals surface area (Å²) in [5, 5.41) is 9.58. The molecule has 0 amide bonds. The first kappa shape index (κ1) is 18.5. The minimum Gasteiger partial charge on any atom is -0.461 e. The van der Waals surface area contributed by atoms with Crippen molar-refractivity contribution in [1.29, 1.82) is 0 Å². The minimum atomic E-state index is -0.519. The van der Waals surface area contributed by atoms with E-state index in [0.29, 0.717) is 16.6 Å². The highest BCUT2D eigenvalue weighted by atomic mass is 16.5.